The highest BCUT2D eigenvalue weighted by Crippen LogP contribution is 2.33. The van der Waals surface area contributed by atoms with Crippen molar-refractivity contribution in [3.05, 3.63) is 0 Å². The molecule has 2 saturated heterocycles. The lowest BCUT2D eigenvalue weighted by molar-refractivity contribution is -0.672. The van der Waals surface area contributed by atoms with Gasteiger partial charge in [-0.15, -0.1) is 0 Å². The van der Waals surface area contributed by atoms with Gasteiger partial charge in [-0.05, 0) is 46.5 Å². The largest absolute Gasteiger partial charge is 1.00 e. The van der Waals surface area contributed by atoms with E-state index in [2.05, 4.69) is 5.32 Å². The number of nitrogens with two attached hydrogens (primary N) is 1. The van der Waals surface area contributed by atoms with Gasteiger partial charge in [0.2, 0.25) is 0 Å². The van der Waals surface area contributed by atoms with E-state index in [1.54, 1.807) is 4.90 Å². The van der Waals surface area contributed by atoms with E-state index >= 15 is 0 Å². The fourth-order valence-electron chi connectivity index (χ4n) is 3.89. The molecule has 25 heavy (non-hydrogen) atoms. The van der Waals surface area contributed by atoms with Crippen LogP contribution in [-0.4, -0.2) is 55.3 Å². The van der Waals surface area contributed by atoms with Crippen LogP contribution in [0.4, 0.5) is 4.79 Å². The van der Waals surface area contributed by atoms with Gasteiger partial charge in [0.15, 0.2) is 0 Å². The Balaban J connectivity index is 0.00000312. The van der Waals surface area contributed by atoms with Crippen LogP contribution in [0.15, 0.2) is 0 Å². The first-order valence-electron chi connectivity index (χ1n) is 9.28. The highest BCUT2D eigenvalue weighted by Gasteiger charge is 2.40. The van der Waals surface area contributed by atoms with Gasteiger partial charge in [-0.1, -0.05) is 0 Å². The van der Waals surface area contributed by atoms with Crippen LogP contribution >= 0.6 is 0 Å². The van der Waals surface area contributed by atoms with Crippen LogP contribution in [0, 0.1) is 17.8 Å². The van der Waals surface area contributed by atoms with E-state index in [0.29, 0.717) is 31.5 Å². The topological polar surface area (TPSA) is 72.5 Å². The predicted molar refractivity (Wildman–Crippen MR) is 90.4 cm³/mol. The monoisotopic (exact) mass is 376 g/mol. The number of piperidine rings is 2. The molecule has 0 aliphatic carbocycles. The average Bonchev–Trinajstić information content (AvgIpc) is 2.53. The molecule has 0 saturated carbocycles. The fourth-order valence-corrected chi connectivity index (χ4v) is 3.89. The average molecular weight is 377 g/mol. The van der Waals surface area contributed by atoms with E-state index in [1.165, 1.54) is 0 Å². The normalized spacial score (nSPS) is 25.0. The third-order valence-electron chi connectivity index (χ3n) is 5.02. The van der Waals surface area contributed by atoms with E-state index in [9.17, 15) is 9.59 Å². The molecule has 146 valence electrons. The number of carbonyl (C=O) groups excluding carboxylic acids is 2. The molecule has 0 aromatic heterocycles. The zero-order valence-corrected chi connectivity index (χ0v) is 16.7. The minimum absolute atomic E-state index is 0. The lowest BCUT2D eigenvalue weighted by atomic mass is 9.74. The second-order valence-electron chi connectivity index (χ2n) is 7.93. The van der Waals surface area contributed by atoms with Gasteiger partial charge in [0.25, 0.3) is 0 Å². The minimum atomic E-state index is -0.457. The molecule has 2 aliphatic heterocycles. The molecule has 2 rings (SSSR count). The summed E-state index contributed by atoms with van der Waals surface area (Å²) in [5, 5.41) is 2.31. The highest BCUT2D eigenvalue weighted by atomic mass is 35.5. The minimum Gasteiger partial charge on any atom is -1.00 e. The Morgan fingerprint density at radius 1 is 1.16 bits per heavy atom. The number of hydrogen-bond donors (Lipinski definition) is 1. The number of quaternary nitrogens is 1. The highest BCUT2D eigenvalue weighted by molar-refractivity contribution is 5.73. The number of rotatable bonds is 3. The molecule has 0 bridgehead atoms. The lowest BCUT2D eigenvalue weighted by Crippen LogP contribution is -3.00. The van der Waals surface area contributed by atoms with Crippen molar-refractivity contribution in [2.45, 2.75) is 52.6 Å². The van der Waals surface area contributed by atoms with Gasteiger partial charge in [0, 0.05) is 25.4 Å². The molecule has 0 unspecified atom stereocenters. The van der Waals surface area contributed by atoms with Crippen LogP contribution in [0.1, 0.15) is 47.0 Å². The van der Waals surface area contributed by atoms with Crippen LogP contribution < -0.4 is 17.7 Å². The Hall–Kier alpha value is -1.01. The maximum Gasteiger partial charge on any atom is 0.410 e. The standard InChI is InChI=1S/C18H32N2O4.ClH/c1-5-23-16(21)14-6-9-19-12-15(14)13-7-10-20(11-8-13)17(22)24-18(2,3)4;/h13-15,19H,5-12H2,1-4H3;1H/t14-,15-;/m0./s1. The first kappa shape index (κ1) is 22.0. The van der Waals surface area contributed by atoms with Crippen LogP contribution in [0.3, 0.4) is 0 Å². The van der Waals surface area contributed by atoms with E-state index in [0.717, 1.165) is 32.4 Å². The number of carbonyl (C=O) groups is 2. The molecule has 6 nitrogen and oxygen atoms in total. The summed E-state index contributed by atoms with van der Waals surface area (Å²) >= 11 is 0. The number of nitrogens with zero attached hydrogens (tertiary/aromatic N) is 1. The van der Waals surface area contributed by atoms with Gasteiger partial charge in [0.1, 0.15) is 5.60 Å². The fraction of sp³-hybridized carbons (Fsp3) is 0.889. The second kappa shape index (κ2) is 9.62. The number of likely N-dealkylation sites (tertiary alicyclic amines) is 1. The maximum atomic E-state index is 12.3. The van der Waals surface area contributed by atoms with Crippen molar-refractivity contribution in [1.29, 1.82) is 0 Å². The molecular formula is C18H33ClN2O4. The Labute approximate surface area is 157 Å². The van der Waals surface area contributed by atoms with E-state index < -0.39 is 5.60 Å². The van der Waals surface area contributed by atoms with Gasteiger partial charge in [0.05, 0.1) is 25.6 Å². The van der Waals surface area contributed by atoms with E-state index in [1.807, 2.05) is 27.7 Å². The van der Waals surface area contributed by atoms with Gasteiger partial charge >= 0.3 is 12.1 Å². The van der Waals surface area contributed by atoms with Gasteiger partial charge in [-0.2, -0.15) is 0 Å². The summed E-state index contributed by atoms with van der Waals surface area (Å²) in [5.74, 6) is 0.825. The molecule has 2 aliphatic rings. The summed E-state index contributed by atoms with van der Waals surface area (Å²) in [5.41, 5.74) is -0.457. The summed E-state index contributed by atoms with van der Waals surface area (Å²) < 4.78 is 10.7. The van der Waals surface area contributed by atoms with Gasteiger partial charge < -0.3 is 32.1 Å². The van der Waals surface area contributed by atoms with Crippen LogP contribution in [0.25, 0.3) is 0 Å². The van der Waals surface area contributed by atoms with Crippen molar-refractivity contribution in [2.75, 3.05) is 32.8 Å². The number of hydrogen-bond acceptors (Lipinski definition) is 4. The second-order valence-corrected chi connectivity index (χ2v) is 7.93. The zero-order valence-electron chi connectivity index (χ0n) is 15.9. The maximum absolute atomic E-state index is 12.3. The number of esters is 1. The number of amides is 1. The Kier molecular flexibility index (Phi) is 8.48. The van der Waals surface area contributed by atoms with Crippen molar-refractivity contribution in [2.24, 2.45) is 17.8 Å². The van der Waals surface area contributed by atoms with Gasteiger partial charge in [-0.25, -0.2) is 4.79 Å². The zero-order chi connectivity index (χ0) is 17.7. The Morgan fingerprint density at radius 3 is 2.36 bits per heavy atom. The molecule has 0 spiro atoms. The molecule has 0 aromatic carbocycles. The third kappa shape index (κ3) is 6.33. The molecular weight excluding hydrogens is 344 g/mol. The molecule has 2 fully saturated rings. The molecule has 7 heteroatoms. The van der Waals surface area contributed by atoms with Crippen LogP contribution in [0.5, 0.6) is 0 Å². The molecule has 2 N–H and O–H groups in total. The summed E-state index contributed by atoms with van der Waals surface area (Å²) in [6, 6.07) is 0. The first-order chi connectivity index (χ1) is 11.3. The number of halogens is 1. The Morgan fingerprint density at radius 2 is 1.80 bits per heavy atom. The van der Waals surface area contributed by atoms with E-state index in [-0.39, 0.29) is 30.4 Å². The predicted octanol–water partition coefficient (Wildman–Crippen LogP) is -1.60. The molecule has 0 radical (unpaired) electrons. The summed E-state index contributed by atoms with van der Waals surface area (Å²) in [7, 11) is 0. The van der Waals surface area contributed by atoms with Crippen molar-refractivity contribution in [3.8, 4) is 0 Å². The quantitative estimate of drug-likeness (QED) is 0.602. The number of ether oxygens (including phenoxy) is 2. The van der Waals surface area contributed by atoms with Crippen molar-refractivity contribution >= 4 is 12.1 Å². The van der Waals surface area contributed by atoms with Crippen molar-refractivity contribution < 1.29 is 36.8 Å². The third-order valence-corrected chi connectivity index (χ3v) is 5.02. The summed E-state index contributed by atoms with van der Waals surface area (Å²) in [6.45, 7) is 11.4. The SMILES string of the molecule is CCOC(=O)[C@H]1CC[NH2+]C[C@H]1C1CCN(C(=O)OC(C)(C)C)CC1.[Cl-]. The molecule has 2 heterocycles. The van der Waals surface area contributed by atoms with Crippen LogP contribution in [0.2, 0.25) is 0 Å². The van der Waals surface area contributed by atoms with E-state index in [4.69, 9.17) is 9.47 Å². The summed E-state index contributed by atoms with van der Waals surface area (Å²) in [6.07, 6.45) is 2.55. The van der Waals surface area contributed by atoms with Crippen molar-refractivity contribution in [1.82, 2.24) is 4.90 Å². The lowest BCUT2D eigenvalue weighted by Gasteiger charge is -2.39. The molecule has 1 amide bonds. The van der Waals surface area contributed by atoms with Gasteiger partial charge in [-0.3, -0.25) is 4.79 Å². The van der Waals surface area contributed by atoms with Crippen LogP contribution in [-0.2, 0) is 14.3 Å². The smallest absolute Gasteiger partial charge is 0.410 e. The first-order valence-corrected chi connectivity index (χ1v) is 9.28. The van der Waals surface area contributed by atoms with Crippen molar-refractivity contribution in [3.63, 3.8) is 0 Å². The Bertz CT molecular complexity index is 445. The molecule has 2 atom stereocenters. The summed E-state index contributed by atoms with van der Waals surface area (Å²) in [4.78, 5) is 26.2. The molecule has 0 aromatic rings.